The second-order valence-corrected chi connectivity index (χ2v) is 18.6. The lowest BCUT2D eigenvalue weighted by molar-refractivity contribution is -0.138. The Labute approximate surface area is 490 Å². The van der Waals surface area contributed by atoms with E-state index in [0.717, 1.165) is 59.4 Å². The third-order valence-electron chi connectivity index (χ3n) is 12.9. The first kappa shape index (κ1) is 63.2. The molecule has 0 bridgehead atoms. The van der Waals surface area contributed by atoms with Crippen molar-refractivity contribution < 1.29 is 33.9 Å². The lowest BCUT2D eigenvalue weighted by Crippen LogP contribution is -2.44. The molecule has 2 fully saturated rings. The molecule has 10 rings (SSSR count). The zero-order chi connectivity index (χ0) is 56.8. The Hall–Kier alpha value is -8.64. The van der Waals surface area contributed by atoms with Crippen molar-refractivity contribution in [2.75, 3.05) is 23.7 Å². The van der Waals surface area contributed by atoms with Gasteiger partial charge in [0.15, 0.2) is 11.6 Å². The number of carbonyl (C=O) groups excluding carboxylic acids is 5. The van der Waals surface area contributed by atoms with Crippen LogP contribution >= 0.6 is 25.9 Å². The van der Waals surface area contributed by atoms with E-state index in [0.29, 0.717) is 57.5 Å². The van der Waals surface area contributed by atoms with Gasteiger partial charge in [0.05, 0.1) is 40.3 Å². The van der Waals surface area contributed by atoms with Crippen molar-refractivity contribution >= 4 is 117 Å². The van der Waals surface area contributed by atoms with Crippen LogP contribution in [0.3, 0.4) is 0 Å². The molecule has 0 aliphatic carbocycles. The fourth-order valence-electron chi connectivity index (χ4n) is 9.26. The minimum atomic E-state index is -1.03. The number of likely N-dealkylation sites (tertiary alicyclic amines) is 1. The zero-order valence-electron chi connectivity index (χ0n) is 44.5. The molecule has 0 saturated carbocycles. The van der Waals surface area contributed by atoms with Gasteiger partial charge in [0.2, 0.25) is 17.7 Å². The van der Waals surface area contributed by atoms with E-state index in [1.54, 1.807) is 59.5 Å². The molecule has 0 unspecified atom stereocenters. The fraction of sp³-hybridized carbons (Fsp3) is 0.241. The van der Waals surface area contributed by atoms with Crippen molar-refractivity contribution in [1.82, 2.24) is 39.7 Å². The normalized spacial score (nSPS) is 13.9. The highest BCUT2D eigenvalue weighted by atomic mass is 35.5. The van der Waals surface area contributed by atoms with Gasteiger partial charge in [-0.05, 0) is 141 Å². The van der Waals surface area contributed by atoms with Gasteiger partial charge in [0, 0.05) is 64.9 Å². The quantitative estimate of drug-likeness (QED) is 0.0834. The minimum absolute atomic E-state index is 0. The van der Waals surface area contributed by atoms with Crippen LogP contribution in [-0.4, -0.2) is 100.0 Å². The Bertz CT molecular complexity index is 3720. The number of anilines is 2. The smallest absolute Gasteiger partial charge is 0.325 e. The molecule has 23 heteroatoms. The number of benzene rings is 4. The van der Waals surface area contributed by atoms with E-state index >= 15 is 0 Å². The predicted octanol–water partition coefficient (Wildman–Crippen LogP) is 8.58. The largest absolute Gasteiger partial charge is 0.480 e. The minimum Gasteiger partial charge on any atom is -0.480 e. The third kappa shape index (κ3) is 16.0. The number of rotatable bonds is 12. The first-order chi connectivity index (χ1) is 38.1. The zero-order valence-corrected chi connectivity index (χ0v) is 48.0. The number of pyridine rings is 2. The SMILES string of the molecule is CC(=O)c1nn(CC(=O)N2CCC[C@H]2C(=O)Nc2cccc(C)n2)c2ccc(-c3cccc(C#N)c3)cc12.CC(=O)c1nn(CC(=O)O)c2ccc(-c3cccc(C#N)c3)cc12.Cc1cccc(NC(=O)[C@@H]2CCCN2)n1.Cl.S.S=S. The topological polar surface area (TPSA) is 271 Å². The molecule has 0 spiro atoms. The number of aliphatic carboxylic acids is 1. The molecule has 4 N–H and O–H groups in total. The predicted molar refractivity (Wildman–Crippen MR) is 321 cm³/mol. The number of nitrogens with one attached hydrogen (secondary N) is 3. The van der Waals surface area contributed by atoms with Crippen LogP contribution in [0.2, 0.25) is 0 Å². The maximum Gasteiger partial charge on any atom is 0.325 e. The average molecular weight is 1170 g/mol. The van der Waals surface area contributed by atoms with Gasteiger partial charge in [-0.2, -0.15) is 34.2 Å². The molecule has 416 valence electrons. The molecule has 3 amide bonds. The number of hydrogen-bond acceptors (Lipinski definition) is 15. The number of aromatic nitrogens is 6. The van der Waals surface area contributed by atoms with Crippen LogP contribution in [0.15, 0.2) is 121 Å². The van der Waals surface area contributed by atoms with E-state index in [-0.39, 0.29) is 85.7 Å². The molecule has 4 aromatic heterocycles. The summed E-state index contributed by atoms with van der Waals surface area (Å²) in [7, 11) is 0. The van der Waals surface area contributed by atoms with E-state index in [2.05, 4.69) is 70.6 Å². The Morgan fingerprint density at radius 3 is 1.56 bits per heavy atom. The van der Waals surface area contributed by atoms with Crippen molar-refractivity contribution in [3.8, 4) is 34.4 Å². The molecule has 19 nitrogen and oxygen atoms in total. The summed E-state index contributed by atoms with van der Waals surface area (Å²) in [6.45, 7) is 7.58. The second-order valence-electron chi connectivity index (χ2n) is 18.6. The summed E-state index contributed by atoms with van der Waals surface area (Å²) in [5.74, 6) is -0.882. The summed E-state index contributed by atoms with van der Waals surface area (Å²) < 4.78 is 2.84. The second kappa shape index (κ2) is 29.5. The summed E-state index contributed by atoms with van der Waals surface area (Å²) in [5.41, 5.74) is 7.88. The molecular weight excluding hydrogens is 1110 g/mol. The number of hydrogen-bond donors (Lipinski definition) is 4. The number of aryl methyl sites for hydroxylation is 2. The van der Waals surface area contributed by atoms with Crippen LogP contribution in [-0.2, 0) is 54.6 Å². The lowest BCUT2D eigenvalue weighted by atomic mass is 10.0. The summed E-state index contributed by atoms with van der Waals surface area (Å²) in [6, 6.07) is 39.9. The first-order valence-corrected chi connectivity index (χ1v) is 26.4. The van der Waals surface area contributed by atoms with Gasteiger partial charge >= 0.3 is 5.97 Å². The number of fused-ring (bicyclic) bond motifs is 2. The molecule has 8 aromatic rings. The Morgan fingerprint density at radius 1 is 0.642 bits per heavy atom. The number of nitrogens with zero attached hydrogens (tertiary/aromatic N) is 9. The summed E-state index contributed by atoms with van der Waals surface area (Å²) in [6.07, 6.45) is 3.26. The van der Waals surface area contributed by atoms with Crippen LogP contribution in [0.25, 0.3) is 44.1 Å². The molecule has 2 atom stereocenters. The molecule has 2 saturated heterocycles. The van der Waals surface area contributed by atoms with Crippen LogP contribution in [0.5, 0.6) is 0 Å². The van der Waals surface area contributed by atoms with Crippen molar-refractivity contribution in [2.45, 2.75) is 78.6 Å². The molecule has 81 heavy (non-hydrogen) atoms. The Balaban J connectivity index is 0.000000239. The highest BCUT2D eigenvalue weighted by molar-refractivity contribution is 8.07. The number of ketones is 2. The van der Waals surface area contributed by atoms with Gasteiger partial charge in [0.1, 0.15) is 42.2 Å². The number of amides is 3. The molecule has 0 radical (unpaired) electrons. The average Bonchev–Trinajstić information content (AvgIpc) is 4.49. The molecule has 6 heterocycles. The standard InChI is InChI=1S/C29H26N6O3.C18H13N3O3.C11H15N3O.ClH.S2.H2S/c1-18-6-3-10-26(31-18)32-29(38)25-9-5-13-34(25)27(37)17-35-24-12-11-22(15-23(24)28(33-35)19(2)36)21-8-4-7-20(14-21)16-30;1-11(22)18-15-8-14(13-4-2-3-12(7-13)9-19)5-6-16(15)21(20-18)10-17(23)24;1-8-4-2-6-10(13-8)14-11(15)9-5-3-7-12-9;;1-2;/h3-4,6-8,10-12,14-15,25H,5,9,13,17H2,1-2H3,(H,31,32,38);2-8H,10H2,1H3,(H,23,24);2,4,6,9,12H,3,5,7H2,1H3,(H,13,14,15);1H;;1H2/t25-;;9-;;;/m0.0.../s1. The summed E-state index contributed by atoms with van der Waals surface area (Å²) in [4.78, 5) is 83.4. The number of halogens is 1. The van der Waals surface area contributed by atoms with E-state index in [1.165, 1.54) is 23.2 Å². The van der Waals surface area contributed by atoms with Crippen molar-refractivity contribution in [3.05, 3.63) is 155 Å². The van der Waals surface area contributed by atoms with E-state index < -0.39 is 12.0 Å². The lowest BCUT2D eigenvalue weighted by Gasteiger charge is -2.24. The van der Waals surface area contributed by atoms with Crippen LogP contribution < -0.4 is 16.0 Å². The van der Waals surface area contributed by atoms with Crippen LogP contribution in [0, 0.1) is 36.5 Å². The monoisotopic (exact) mass is 1160 g/mol. The third-order valence-corrected chi connectivity index (χ3v) is 12.9. The van der Waals surface area contributed by atoms with Crippen molar-refractivity contribution in [3.63, 3.8) is 0 Å². The number of nitriles is 2. The maximum atomic E-state index is 13.4. The summed E-state index contributed by atoms with van der Waals surface area (Å²) in [5, 5.41) is 45.9. The van der Waals surface area contributed by atoms with Crippen LogP contribution in [0.1, 0.15) is 83.0 Å². The van der Waals surface area contributed by atoms with Gasteiger partial charge in [-0.15, -0.1) is 12.4 Å². The number of Topliss-reactive ketones (excluding diaryl/α,β-unsaturated/α-hetero) is 2. The fourth-order valence-corrected chi connectivity index (χ4v) is 9.26. The van der Waals surface area contributed by atoms with E-state index in [1.807, 2.05) is 80.6 Å². The van der Waals surface area contributed by atoms with Crippen molar-refractivity contribution in [1.29, 1.82) is 10.5 Å². The van der Waals surface area contributed by atoms with Gasteiger partial charge in [0.25, 0.3) is 0 Å². The van der Waals surface area contributed by atoms with Gasteiger partial charge < -0.3 is 26.0 Å². The maximum absolute atomic E-state index is 13.4. The molecule has 4 aromatic carbocycles. The van der Waals surface area contributed by atoms with E-state index in [4.69, 9.17) is 10.4 Å². The highest BCUT2D eigenvalue weighted by Gasteiger charge is 2.35. The summed E-state index contributed by atoms with van der Waals surface area (Å²) >= 11 is 7.33. The van der Waals surface area contributed by atoms with Crippen molar-refractivity contribution in [2.24, 2.45) is 0 Å². The molecular formula is C58H57ClN12O7S3. The number of carboxylic acid groups (broad SMARTS) is 1. The molecule has 2 aliphatic heterocycles. The highest BCUT2D eigenvalue weighted by Crippen LogP contribution is 2.30. The number of carboxylic acids is 1. The van der Waals surface area contributed by atoms with E-state index in [9.17, 15) is 34.0 Å². The van der Waals surface area contributed by atoms with Gasteiger partial charge in [-0.1, -0.05) is 48.5 Å². The number of carbonyl (C=O) groups is 6. The Kier molecular flexibility index (Phi) is 23.0. The first-order valence-electron chi connectivity index (χ1n) is 25.0. The molecule has 2 aliphatic rings. The Morgan fingerprint density at radius 2 is 1.11 bits per heavy atom. The van der Waals surface area contributed by atoms with Gasteiger partial charge in [-0.25, -0.2) is 9.97 Å². The van der Waals surface area contributed by atoms with Gasteiger partial charge in [-0.3, -0.25) is 38.1 Å². The van der Waals surface area contributed by atoms with Crippen LogP contribution in [0.4, 0.5) is 11.6 Å².